The van der Waals surface area contributed by atoms with Gasteiger partial charge >= 0.3 is 0 Å². The van der Waals surface area contributed by atoms with Gasteiger partial charge in [0.1, 0.15) is 5.75 Å². The molecule has 22 heavy (non-hydrogen) atoms. The first-order valence-corrected chi connectivity index (χ1v) is 7.49. The first kappa shape index (κ1) is 14.3. The van der Waals surface area contributed by atoms with Gasteiger partial charge in [-0.05, 0) is 24.6 Å². The summed E-state index contributed by atoms with van der Waals surface area (Å²) >= 11 is 0. The maximum atomic E-state index is 5.81. The van der Waals surface area contributed by atoms with Crippen molar-refractivity contribution in [1.29, 1.82) is 0 Å². The lowest BCUT2D eigenvalue weighted by Gasteiger charge is -2.10. The number of aromatic nitrogens is 2. The number of hydrogen-bond donors (Lipinski definition) is 0. The van der Waals surface area contributed by atoms with Crippen LogP contribution in [0.4, 0.5) is 0 Å². The molecule has 0 aliphatic heterocycles. The minimum absolute atomic E-state index is 0.688. The molecule has 3 rings (SSSR count). The van der Waals surface area contributed by atoms with E-state index in [4.69, 9.17) is 9.72 Å². The Bertz CT molecular complexity index is 741. The van der Waals surface area contributed by atoms with Crippen molar-refractivity contribution in [2.75, 3.05) is 6.61 Å². The molecular formula is C19H18N2O. The van der Waals surface area contributed by atoms with Crippen LogP contribution in [0.15, 0.2) is 66.9 Å². The average Bonchev–Trinajstić information content (AvgIpc) is 2.61. The topological polar surface area (TPSA) is 35.0 Å². The molecule has 3 aromatic rings. The monoisotopic (exact) mass is 290 g/mol. The largest absolute Gasteiger partial charge is 0.493 e. The quantitative estimate of drug-likeness (QED) is 0.689. The third kappa shape index (κ3) is 3.14. The zero-order valence-corrected chi connectivity index (χ0v) is 12.6. The number of hydrogen-bond acceptors (Lipinski definition) is 3. The highest BCUT2D eigenvalue weighted by atomic mass is 16.5. The molecule has 0 saturated carbocycles. The fourth-order valence-corrected chi connectivity index (χ4v) is 2.25. The second kappa shape index (κ2) is 6.85. The van der Waals surface area contributed by atoms with Gasteiger partial charge in [0, 0.05) is 11.8 Å². The highest BCUT2D eigenvalue weighted by Gasteiger charge is 2.09. The summed E-state index contributed by atoms with van der Waals surface area (Å²) in [7, 11) is 0. The van der Waals surface area contributed by atoms with Gasteiger partial charge in [-0.15, -0.1) is 0 Å². The SMILES string of the molecule is CCCOc1ccccc1-c1nccc(-c2ccccc2)n1. The lowest BCUT2D eigenvalue weighted by atomic mass is 10.1. The van der Waals surface area contributed by atoms with E-state index in [9.17, 15) is 0 Å². The van der Waals surface area contributed by atoms with E-state index in [-0.39, 0.29) is 0 Å². The summed E-state index contributed by atoms with van der Waals surface area (Å²) < 4.78 is 5.81. The standard InChI is InChI=1S/C19H18N2O/c1-2-14-22-18-11-7-6-10-16(18)19-20-13-12-17(21-19)15-8-4-3-5-9-15/h3-13H,2,14H2,1H3. The number of rotatable bonds is 5. The van der Waals surface area contributed by atoms with Crippen LogP contribution in [-0.4, -0.2) is 16.6 Å². The summed E-state index contributed by atoms with van der Waals surface area (Å²) in [5.41, 5.74) is 2.92. The Morgan fingerprint density at radius 1 is 0.909 bits per heavy atom. The average molecular weight is 290 g/mol. The predicted octanol–water partition coefficient (Wildman–Crippen LogP) is 4.60. The molecule has 0 saturated heterocycles. The van der Waals surface area contributed by atoms with Gasteiger partial charge in [0.05, 0.1) is 17.9 Å². The second-order valence-corrected chi connectivity index (χ2v) is 4.98. The van der Waals surface area contributed by atoms with Gasteiger partial charge in [0.25, 0.3) is 0 Å². The fourth-order valence-electron chi connectivity index (χ4n) is 2.25. The van der Waals surface area contributed by atoms with Gasteiger partial charge < -0.3 is 4.74 Å². The zero-order chi connectivity index (χ0) is 15.2. The minimum Gasteiger partial charge on any atom is -0.493 e. The molecule has 3 heteroatoms. The van der Waals surface area contributed by atoms with Crippen LogP contribution in [0.2, 0.25) is 0 Å². The van der Waals surface area contributed by atoms with Crippen LogP contribution >= 0.6 is 0 Å². The second-order valence-electron chi connectivity index (χ2n) is 4.98. The maximum Gasteiger partial charge on any atom is 0.163 e. The van der Waals surface area contributed by atoms with E-state index in [1.807, 2.05) is 60.7 Å². The minimum atomic E-state index is 0.688. The molecule has 0 aliphatic carbocycles. The van der Waals surface area contributed by atoms with E-state index < -0.39 is 0 Å². The summed E-state index contributed by atoms with van der Waals surface area (Å²) in [4.78, 5) is 9.10. The number of nitrogens with zero attached hydrogens (tertiary/aromatic N) is 2. The van der Waals surface area contributed by atoms with Crippen LogP contribution in [0.25, 0.3) is 22.6 Å². The number of ether oxygens (including phenoxy) is 1. The van der Waals surface area contributed by atoms with Crippen LogP contribution in [0, 0.1) is 0 Å². The molecule has 0 fully saturated rings. The van der Waals surface area contributed by atoms with Gasteiger partial charge in [0.2, 0.25) is 0 Å². The molecule has 110 valence electrons. The molecule has 0 aliphatic rings. The van der Waals surface area contributed by atoms with E-state index >= 15 is 0 Å². The van der Waals surface area contributed by atoms with Crippen molar-refractivity contribution < 1.29 is 4.74 Å². The Kier molecular flexibility index (Phi) is 4.44. The fraction of sp³-hybridized carbons (Fsp3) is 0.158. The van der Waals surface area contributed by atoms with Crippen LogP contribution in [0.5, 0.6) is 5.75 Å². The molecule has 0 radical (unpaired) electrons. The van der Waals surface area contributed by atoms with E-state index in [1.54, 1.807) is 6.20 Å². The normalized spacial score (nSPS) is 10.4. The Morgan fingerprint density at radius 2 is 1.68 bits per heavy atom. The van der Waals surface area contributed by atoms with Crippen LogP contribution in [-0.2, 0) is 0 Å². The van der Waals surface area contributed by atoms with Crippen LogP contribution in [0.3, 0.4) is 0 Å². The van der Waals surface area contributed by atoms with Crippen molar-refractivity contribution in [3.8, 4) is 28.4 Å². The molecule has 0 bridgehead atoms. The highest BCUT2D eigenvalue weighted by Crippen LogP contribution is 2.28. The highest BCUT2D eigenvalue weighted by molar-refractivity contribution is 5.67. The van der Waals surface area contributed by atoms with E-state index in [1.165, 1.54) is 0 Å². The van der Waals surface area contributed by atoms with Crippen LogP contribution < -0.4 is 4.74 Å². The van der Waals surface area contributed by atoms with Crippen molar-refractivity contribution in [3.05, 3.63) is 66.9 Å². The Labute approximate surface area is 130 Å². The Hall–Kier alpha value is -2.68. The zero-order valence-electron chi connectivity index (χ0n) is 12.6. The first-order valence-electron chi connectivity index (χ1n) is 7.49. The van der Waals surface area contributed by atoms with Crippen molar-refractivity contribution >= 4 is 0 Å². The van der Waals surface area contributed by atoms with Gasteiger partial charge in [-0.2, -0.15) is 0 Å². The summed E-state index contributed by atoms with van der Waals surface area (Å²) in [5.74, 6) is 1.52. The molecule has 0 spiro atoms. The van der Waals surface area contributed by atoms with Crippen molar-refractivity contribution in [3.63, 3.8) is 0 Å². The van der Waals surface area contributed by atoms with Gasteiger partial charge in [0.15, 0.2) is 5.82 Å². The summed E-state index contributed by atoms with van der Waals surface area (Å²) in [6.45, 7) is 2.78. The van der Waals surface area contributed by atoms with E-state index in [0.717, 1.165) is 29.0 Å². The molecule has 0 unspecified atom stereocenters. The molecule has 3 nitrogen and oxygen atoms in total. The maximum absolute atomic E-state index is 5.81. The van der Waals surface area contributed by atoms with E-state index in [0.29, 0.717) is 12.4 Å². The lowest BCUT2D eigenvalue weighted by molar-refractivity contribution is 0.318. The third-order valence-corrected chi connectivity index (χ3v) is 3.31. The predicted molar refractivity (Wildman–Crippen MR) is 88.7 cm³/mol. The molecule has 0 atom stereocenters. The molecule has 0 amide bonds. The van der Waals surface area contributed by atoms with Gasteiger partial charge in [-0.1, -0.05) is 49.4 Å². The van der Waals surface area contributed by atoms with Crippen LogP contribution in [0.1, 0.15) is 13.3 Å². The third-order valence-electron chi connectivity index (χ3n) is 3.31. The molecular weight excluding hydrogens is 272 g/mol. The summed E-state index contributed by atoms with van der Waals surface area (Å²) in [5, 5.41) is 0. The van der Waals surface area contributed by atoms with Crippen molar-refractivity contribution in [2.45, 2.75) is 13.3 Å². The molecule has 1 aromatic heterocycles. The van der Waals surface area contributed by atoms with E-state index in [2.05, 4.69) is 11.9 Å². The van der Waals surface area contributed by atoms with Gasteiger partial charge in [-0.3, -0.25) is 0 Å². The first-order chi connectivity index (χ1) is 10.9. The van der Waals surface area contributed by atoms with Crippen molar-refractivity contribution in [2.24, 2.45) is 0 Å². The Balaban J connectivity index is 1.99. The smallest absolute Gasteiger partial charge is 0.163 e. The molecule has 2 aromatic carbocycles. The molecule has 0 N–H and O–H groups in total. The summed E-state index contributed by atoms with van der Waals surface area (Å²) in [6, 6.07) is 19.9. The van der Waals surface area contributed by atoms with Gasteiger partial charge in [-0.25, -0.2) is 9.97 Å². The summed E-state index contributed by atoms with van der Waals surface area (Å²) in [6.07, 6.45) is 2.76. The van der Waals surface area contributed by atoms with Crippen molar-refractivity contribution in [1.82, 2.24) is 9.97 Å². The lowest BCUT2D eigenvalue weighted by Crippen LogP contribution is -1.99. The molecule has 1 heterocycles. The number of para-hydroxylation sites is 1. The Morgan fingerprint density at radius 3 is 2.50 bits per heavy atom. The number of benzene rings is 2.